The Morgan fingerprint density at radius 2 is 2.06 bits per heavy atom. The number of carbonyl (C=O) groups is 1. The fourth-order valence-electron chi connectivity index (χ4n) is 4.36. The first-order chi connectivity index (χ1) is 15.0. The number of aryl methyl sites for hydroxylation is 1. The van der Waals surface area contributed by atoms with Gasteiger partial charge < -0.3 is 15.0 Å². The van der Waals surface area contributed by atoms with Gasteiger partial charge in [-0.15, -0.1) is 0 Å². The highest BCUT2D eigenvalue weighted by Gasteiger charge is 2.45. The highest BCUT2D eigenvalue weighted by molar-refractivity contribution is 8.02. The Labute approximate surface area is 185 Å². The van der Waals surface area contributed by atoms with Gasteiger partial charge in [0.05, 0.1) is 11.2 Å². The number of nitrogens with zero attached hydrogens (tertiary/aromatic N) is 4. The van der Waals surface area contributed by atoms with Gasteiger partial charge in [-0.05, 0) is 30.7 Å². The number of fused-ring (bicyclic) bond motifs is 2. The zero-order valence-corrected chi connectivity index (χ0v) is 18.6. The molecule has 0 aliphatic carbocycles. The number of hydrogen-bond acceptors (Lipinski definition) is 7. The van der Waals surface area contributed by atoms with Gasteiger partial charge in [0.15, 0.2) is 5.52 Å². The molecule has 3 aromatic rings. The van der Waals surface area contributed by atoms with Crippen molar-refractivity contribution in [1.29, 1.82) is 0 Å². The van der Waals surface area contributed by atoms with Crippen LogP contribution in [-0.4, -0.2) is 58.6 Å². The standard InChI is InChI=1S/C23H25N5O2S/c1-13-8-14(4-5-18(13)28(2)3)16-9-17-22(25-7-6-24-17)23(27-16)30-12-20-15-11-26-21(29)10-19(15)31-20/h4-9,15,19-20H,10-12H2,1-3H3,(H,26,29). The average molecular weight is 436 g/mol. The lowest BCUT2D eigenvalue weighted by molar-refractivity contribution is -0.123. The van der Waals surface area contributed by atoms with E-state index in [1.807, 2.05) is 31.9 Å². The summed E-state index contributed by atoms with van der Waals surface area (Å²) < 4.78 is 6.20. The SMILES string of the molecule is Cc1cc(-c2cc3nccnc3c(OCC3SC4CC(=O)NCC34)n2)ccc1N(C)C. The molecule has 0 spiro atoms. The fraction of sp³-hybridized carbons (Fsp3) is 0.391. The van der Waals surface area contributed by atoms with Crippen molar-refractivity contribution in [1.82, 2.24) is 20.3 Å². The van der Waals surface area contributed by atoms with Gasteiger partial charge in [0, 0.05) is 67.1 Å². The van der Waals surface area contributed by atoms with Crippen LogP contribution in [0.4, 0.5) is 5.69 Å². The van der Waals surface area contributed by atoms with Crippen molar-refractivity contribution in [2.24, 2.45) is 5.92 Å². The van der Waals surface area contributed by atoms with Crippen LogP contribution >= 0.6 is 11.8 Å². The van der Waals surface area contributed by atoms with Crippen LogP contribution in [0.25, 0.3) is 22.3 Å². The molecule has 5 rings (SSSR count). The minimum absolute atomic E-state index is 0.152. The Bertz CT molecular complexity index is 1150. The molecule has 1 amide bonds. The summed E-state index contributed by atoms with van der Waals surface area (Å²) in [5.41, 5.74) is 5.64. The topological polar surface area (TPSA) is 80.2 Å². The van der Waals surface area contributed by atoms with Gasteiger partial charge in [0.25, 0.3) is 0 Å². The number of thioether (sulfide) groups is 1. The number of carbonyl (C=O) groups excluding carboxylic acids is 1. The molecule has 0 saturated carbocycles. The molecular formula is C23H25N5O2S. The molecule has 2 saturated heterocycles. The second-order valence-electron chi connectivity index (χ2n) is 8.33. The molecular weight excluding hydrogens is 410 g/mol. The highest BCUT2D eigenvalue weighted by Crippen LogP contribution is 2.45. The van der Waals surface area contributed by atoms with Crippen molar-refractivity contribution in [3.05, 3.63) is 42.2 Å². The van der Waals surface area contributed by atoms with Crippen molar-refractivity contribution in [3.8, 4) is 17.1 Å². The predicted molar refractivity (Wildman–Crippen MR) is 124 cm³/mol. The van der Waals surface area contributed by atoms with E-state index >= 15 is 0 Å². The van der Waals surface area contributed by atoms with Crippen LogP contribution < -0.4 is 15.0 Å². The lowest BCUT2D eigenvalue weighted by atomic mass is 9.93. The van der Waals surface area contributed by atoms with Crippen molar-refractivity contribution in [3.63, 3.8) is 0 Å². The van der Waals surface area contributed by atoms with E-state index < -0.39 is 0 Å². The first-order valence-electron chi connectivity index (χ1n) is 10.4. The third-order valence-electron chi connectivity index (χ3n) is 6.01. The normalized spacial score (nSPS) is 22.4. The van der Waals surface area contributed by atoms with Gasteiger partial charge in [-0.1, -0.05) is 6.07 Å². The average Bonchev–Trinajstić information content (AvgIpc) is 2.74. The van der Waals surface area contributed by atoms with E-state index in [0.29, 0.717) is 40.8 Å². The molecule has 2 fully saturated rings. The van der Waals surface area contributed by atoms with Crippen LogP contribution in [0.5, 0.6) is 5.88 Å². The number of pyridine rings is 1. The summed E-state index contributed by atoms with van der Waals surface area (Å²) in [5.74, 6) is 1.13. The van der Waals surface area contributed by atoms with E-state index in [1.165, 1.54) is 11.3 Å². The lowest BCUT2D eigenvalue weighted by Gasteiger charge is -2.46. The number of nitrogens with one attached hydrogen (secondary N) is 1. The number of aromatic nitrogens is 3. The molecule has 0 bridgehead atoms. The molecule has 160 valence electrons. The summed E-state index contributed by atoms with van der Waals surface area (Å²) >= 11 is 1.84. The van der Waals surface area contributed by atoms with E-state index in [-0.39, 0.29) is 5.91 Å². The Kier molecular flexibility index (Phi) is 5.17. The third-order valence-corrected chi connectivity index (χ3v) is 7.71. The van der Waals surface area contributed by atoms with E-state index in [2.05, 4.69) is 45.3 Å². The van der Waals surface area contributed by atoms with Crippen LogP contribution in [0.1, 0.15) is 12.0 Å². The second-order valence-corrected chi connectivity index (χ2v) is 9.81. The maximum Gasteiger partial charge on any atom is 0.242 e. The molecule has 31 heavy (non-hydrogen) atoms. The number of amides is 1. The van der Waals surface area contributed by atoms with Gasteiger partial charge >= 0.3 is 0 Å². The number of piperidine rings is 1. The highest BCUT2D eigenvalue weighted by atomic mass is 32.2. The third kappa shape index (κ3) is 3.80. The van der Waals surface area contributed by atoms with E-state index in [0.717, 1.165) is 23.3 Å². The molecule has 3 unspecified atom stereocenters. The molecule has 0 radical (unpaired) electrons. The second kappa shape index (κ2) is 8.00. The first-order valence-corrected chi connectivity index (χ1v) is 11.4. The Morgan fingerprint density at radius 1 is 1.23 bits per heavy atom. The number of anilines is 1. The van der Waals surface area contributed by atoms with Crippen molar-refractivity contribution >= 4 is 34.4 Å². The maximum absolute atomic E-state index is 11.6. The molecule has 3 atom stereocenters. The molecule has 1 N–H and O–H groups in total. The van der Waals surface area contributed by atoms with Gasteiger partial charge in [0.1, 0.15) is 6.61 Å². The molecule has 8 heteroatoms. The monoisotopic (exact) mass is 435 g/mol. The number of benzene rings is 1. The summed E-state index contributed by atoms with van der Waals surface area (Å²) in [4.78, 5) is 27.4. The molecule has 4 heterocycles. The largest absolute Gasteiger partial charge is 0.475 e. The lowest BCUT2D eigenvalue weighted by Crippen LogP contribution is -2.55. The van der Waals surface area contributed by atoms with Crippen LogP contribution in [0.15, 0.2) is 36.7 Å². The van der Waals surface area contributed by atoms with Crippen LogP contribution in [0, 0.1) is 12.8 Å². The summed E-state index contributed by atoms with van der Waals surface area (Å²) in [5, 5.41) is 3.73. The molecule has 2 aliphatic rings. The van der Waals surface area contributed by atoms with Crippen LogP contribution in [-0.2, 0) is 4.79 Å². The quantitative estimate of drug-likeness (QED) is 0.660. The number of ether oxygens (including phenoxy) is 1. The van der Waals surface area contributed by atoms with Crippen LogP contribution in [0.3, 0.4) is 0 Å². The number of rotatable bonds is 5. The molecule has 1 aromatic carbocycles. The smallest absolute Gasteiger partial charge is 0.242 e. The Morgan fingerprint density at radius 3 is 2.84 bits per heavy atom. The first kappa shape index (κ1) is 20.1. The van der Waals surface area contributed by atoms with Crippen molar-refractivity contribution in [2.75, 3.05) is 32.1 Å². The van der Waals surface area contributed by atoms with Gasteiger partial charge in [-0.25, -0.2) is 9.97 Å². The zero-order chi connectivity index (χ0) is 21.5. The predicted octanol–water partition coefficient (Wildman–Crippen LogP) is 3.07. The van der Waals surface area contributed by atoms with Gasteiger partial charge in [0.2, 0.25) is 11.8 Å². The fourth-order valence-corrected chi connectivity index (χ4v) is 5.90. The zero-order valence-electron chi connectivity index (χ0n) is 17.8. The van der Waals surface area contributed by atoms with E-state index in [4.69, 9.17) is 9.72 Å². The summed E-state index contributed by atoms with van der Waals surface area (Å²) in [6.07, 6.45) is 3.96. The van der Waals surface area contributed by atoms with Gasteiger partial charge in [-0.3, -0.25) is 9.78 Å². The molecule has 2 aliphatic heterocycles. The van der Waals surface area contributed by atoms with Crippen LogP contribution in [0.2, 0.25) is 0 Å². The molecule has 2 aromatic heterocycles. The Hall–Kier alpha value is -2.87. The maximum atomic E-state index is 11.6. The van der Waals surface area contributed by atoms with Crippen molar-refractivity contribution in [2.45, 2.75) is 23.8 Å². The minimum Gasteiger partial charge on any atom is -0.475 e. The minimum atomic E-state index is 0.152. The summed E-state index contributed by atoms with van der Waals surface area (Å²) in [6, 6.07) is 8.29. The number of hydrogen-bond donors (Lipinski definition) is 1. The van der Waals surface area contributed by atoms with Gasteiger partial charge in [-0.2, -0.15) is 11.8 Å². The van der Waals surface area contributed by atoms with E-state index in [1.54, 1.807) is 12.4 Å². The van der Waals surface area contributed by atoms with Crippen molar-refractivity contribution < 1.29 is 9.53 Å². The molecule has 7 nitrogen and oxygen atoms in total. The summed E-state index contributed by atoms with van der Waals surface area (Å²) in [7, 11) is 4.08. The van der Waals surface area contributed by atoms with E-state index in [9.17, 15) is 4.79 Å². The summed E-state index contributed by atoms with van der Waals surface area (Å²) in [6.45, 7) is 3.38. The Balaban J connectivity index is 1.42.